The number of hydrogen-bond acceptors (Lipinski definition) is 0. The van der Waals surface area contributed by atoms with E-state index >= 15 is 0 Å². The van der Waals surface area contributed by atoms with Gasteiger partial charge in [-0.3, -0.25) is 0 Å². The lowest BCUT2D eigenvalue weighted by atomic mass is 10.1. The average Bonchev–Trinajstić information content (AvgIpc) is 3.48. The van der Waals surface area contributed by atoms with Crippen LogP contribution in [0.2, 0.25) is 0 Å². The molecule has 176 valence electrons. The Morgan fingerprint density at radius 3 is 1.18 bits per heavy atom. The molecule has 2 aliphatic carbocycles. The normalized spacial score (nSPS) is 21.4. The zero-order valence-electron chi connectivity index (χ0n) is 21.0. The smallest absolute Gasteiger partial charge is 0.0257 e. The van der Waals surface area contributed by atoms with Gasteiger partial charge in [0.25, 0.3) is 0 Å². The van der Waals surface area contributed by atoms with E-state index in [1.165, 1.54) is 55.2 Å². The molecule has 2 aliphatic rings. The third-order valence-electron chi connectivity index (χ3n) is 6.51. The molecule has 2 unspecified atom stereocenters. The lowest BCUT2D eigenvalue weighted by molar-refractivity contribution is 0.620. The summed E-state index contributed by atoms with van der Waals surface area (Å²) in [6, 6.07) is 31.3. The second-order valence-electron chi connectivity index (χ2n) is 9.74. The van der Waals surface area contributed by atoms with Crippen molar-refractivity contribution in [3.63, 3.8) is 0 Å². The lowest BCUT2D eigenvalue weighted by Gasteiger charge is -1.97. The van der Waals surface area contributed by atoms with Crippen molar-refractivity contribution in [2.45, 2.75) is 52.4 Å². The van der Waals surface area contributed by atoms with E-state index in [9.17, 15) is 0 Å². The summed E-state index contributed by atoms with van der Waals surface area (Å²) in [6.45, 7) is 8.31. The maximum Gasteiger partial charge on any atom is -0.0257 e. The molecule has 3 aromatic carbocycles. The van der Waals surface area contributed by atoms with Gasteiger partial charge in [-0.15, -0.1) is 0 Å². The van der Waals surface area contributed by atoms with E-state index in [1.807, 2.05) is 36.4 Å². The topological polar surface area (TPSA) is 0 Å². The zero-order chi connectivity index (χ0) is 24.0. The Hall–Kier alpha value is -3.12. The molecule has 2 atom stereocenters. The maximum atomic E-state index is 3.63. The first-order chi connectivity index (χ1) is 16.6. The first-order valence-corrected chi connectivity index (χ1v) is 12.8. The standard InChI is InChI=1S/2C13H16.C8H8/c2*1-11-7-8-13(9-11)10-12-5-3-2-4-6-12;1-2-8-6-4-3-5-7-8/h2*2-6,10-11H,7-9H2,1H3;2-7H,1H2. The first-order valence-electron chi connectivity index (χ1n) is 12.8. The highest BCUT2D eigenvalue weighted by molar-refractivity contribution is 5.54. The Labute approximate surface area is 207 Å². The molecule has 0 N–H and O–H groups in total. The molecule has 0 saturated heterocycles. The molecule has 0 amide bonds. The molecular formula is C34H40. The highest BCUT2D eigenvalue weighted by atomic mass is 14.2. The van der Waals surface area contributed by atoms with Crippen LogP contribution < -0.4 is 0 Å². The third-order valence-corrected chi connectivity index (χ3v) is 6.51. The van der Waals surface area contributed by atoms with Crippen molar-refractivity contribution < 1.29 is 0 Å². The van der Waals surface area contributed by atoms with Crippen LogP contribution in [0, 0.1) is 11.8 Å². The van der Waals surface area contributed by atoms with Crippen LogP contribution in [-0.4, -0.2) is 0 Å². The van der Waals surface area contributed by atoms with Crippen molar-refractivity contribution in [1.29, 1.82) is 0 Å². The Balaban J connectivity index is 0.000000148. The first kappa shape index (κ1) is 25.5. The van der Waals surface area contributed by atoms with Gasteiger partial charge in [-0.25, -0.2) is 0 Å². The molecule has 0 aromatic heterocycles. The van der Waals surface area contributed by atoms with Crippen molar-refractivity contribution in [3.8, 4) is 0 Å². The fourth-order valence-electron chi connectivity index (χ4n) is 4.59. The van der Waals surface area contributed by atoms with E-state index in [2.05, 4.69) is 93.2 Å². The van der Waals surface area contributed by atoms with Crippen LogP contribution in [0.15, 0.2) is 109 Å². The fraction of sp³-hybridized carbons (Fsp3) is 0.294. The van der Waals surface area contributed by atoms with Crippen molar-refractivity contribution in [3.05, 3.63) is 125 Å². The Bertz CT molecular complexity index is 960. The summed E-state index contributed by atoms with van der Waals surface area (Å²) in [5.74, 6) is 1.80. The van der Waals surface area contributed by atoms with Gasteiger partial charge in [-0.05, 0) is 67.1 Å². The second kappa shape index (κ2) is 14.2. The van der Waals surface area contributed by atoms with Crippen LogP contribution in [0.5, 0.6) is 0 Å². The molecule has 0 nitrogen and oxygen atoms in total. The number of allylic oxidation sites excluding steroid dienone is 2. The maximum absolute atomic E-state index is 3.63. The van der Waals surface area contributed by atoms with Gasteiger partial charge in [0.15, 0.2) is 0 Å². The minimum absolute atomic E-state index is 0.898. The summed E-state index contributed by atoms with van der Waals surface area (Å²) in [7, 11) is 0. The summed E-state index contributed by atoms with van der Waals surface area (Å²) in [4.78, 5) is 0. The molecule has 3 aromatic rings. The largest absolute Gasteiger partial charge is 0.0985 e. The molecule has 0 bridgehead atoms. The van der Waals surface area contributed by atoms with Crippen molar-refractivity contribution >= 4 is 18.2 Å². The van der Waals surface area contributed by atoms with Gasteiger partial charge < -0.3 is 0 Å². The van der Waals surface area contributed by atoms with Crippen LogP contribution >= 0.6 is 0 Å². The monoisotopic (exact) mass is 448 g/mol. The molecule has 0 heterocycles. The van der Waals surface area contributed by atoms with Gasteiger partial charge in [0, 0.05) is 0 Å². The number of benzene rings is 3. The summed E-state index contributed by atoms with van der Waals surface area (Å²) in [5.41, 5.74) is 7.13. The summed E-state index contributed by atoms with van der Waals surface area (Å²) in [6.07, 6.45) is 14.5. The van der Waals surface area contributed by atoms with E-state index in [-0.39, 0.29) is 0 Å². The summed E-state index contributed by atoms with van der Waals surface area (Å²) >= 11 is 0. The summed E-state index contributed by atoms with van der Waals surface area (Å²) < 4.78 is 0. The van der Waals surface area contributed by atoms with E-state index in [0.717, 1.165) is 11.8 Å². The highest BCUT2D eigenvalue weighted by Crippen LogP contribution is 2.31. The SMILES string of the molecule is C=Cc1ccccc1.CC1CCC(=Cc2ccccc2)C1.CC1CCC(=Cc2ccccc2)C1. The quantitative estimate of drug-likeness (QED) is 0.374. The van der Waals surface area contributed by atoms with Crippen LogP contribution in [0.3, 0.4) is 0 Å². The Morgan fingerprint density at radius 1 is 0.559 bits per heavy atom. The van der Waals surface area contributed by atoms with Crippen molar-refractivity contribution in [1.82, 2.24) is 0 Å². The highest BCUT2D eigenvalue weighted by Gasteiger charge is 2.14. The minimum atomic E-state index is 0.898. The molecule has 2 fully saturated rings. The molecule has 5 rings (SSSR count). The molecule has 0 radical (unpaired) electrons. The molecular weight excluding hydrogens is 408 g/mol. The predicted octanol–water partition coefficient (Wildman–Crippen LogP) is 10.1. The van der Waals surface area contributed by atoms with Crippen LogP contribution in [0.1, 0.15) is 69.1 Å². The second-order valence-corrected chi connectivity index (χ2v) is 9.74. The third kappa shape index (κ3) is 9.40. The van der Waals surface area contributed by atoms with Gasteiger partial charge in [0.05, 0.1) is 0 Å². The molecule has 0 spiro atoms. The van der Waals surface area contributed by atoms with Gasteiger partial charge in [0.1, 0.15) is 0 Å². The minimum Gasteiger partial charge on any atom is -0.0985 e. The molecule has 0 heteroatoms. The predicted molar refractivity (Wildman–Crippen MR) is 151 cm³/mol. The number of rotatable bonds is 3. The number of hydrogen-bond donors (Lipinski definition) is 0. The zero-order valence-corrected chi connectivity index (χ0v) is 21.0. The van der Waals surface area contributed by atoms with Crippen LogP contribution in [0.25, 0.3) is 18.2 Å². The Morgan fingerprint density at radius 2 is 0.912 bits per heavy atom. The fourth-order valence-corrected chi connectivity index (χ4v) is 4.59. The van der Waals surface area contributed by atoms with Crippen molar-refractivity contribution in [2.24, 2.45) is 11.8 Å². The van der Waals surface area contributed by atoms with Gasteiger partial charge in [-0.1, -0.05) is 141 Å². The van der Waals surface area contributed by atoms with Crippen LogP contribution in [-0.2, 0) is 0 Å². The molecule has 0 aliphatic heterocycles. The van der Waals surface area contributed by atoms with Gasteiger partial charge >= 0.3 is 0 Å². The van der Waals surface area contributed by atoms with E-state index in [0.29, 0.717) is 0 Å². The lowest BCUT2D eigenvalue weighted by Crippen LogP contribution is -1.80. The van der Waals surface area contributed by atoms with E-state index in [1.54, 1.807) is 11.1 Å². The Kier molecular flexibility index (Phi) is 10.7. The van der Waals surface area contributed by atoms with E-state index < -0.39 is 0 Å². The molecule has 34 heavy (non-hydrogen) atoms. The van der Waals surface area contributed by atoms with Gasteiger partial charge in [0.2, 0.25) is 0 Å². The summed E-state index contributed by atoms with van der Waals surface area (Å²) in [5, 5.41) is 0. The average molecular weight is 449 g/mol. The van der Waals surface area contributed by atoms with Crippen molar-refractivity contribution in [2.75, 3.05) is 0 Å². The molecule has 2 saturated carbocycles. The van der Waals surface area contributed by atoms with Gasteiger partial charge in [-0.2, -0.15) is 0 Å². The van der Waals surface area contributed by atoms with E-state index in [4.69, 9.17) is 0 Å². The van der Waals surface area contributed by atoms with Crippen LogP contribution in [0.4, 0.5) is 0 Å².